The minimum Gasteiger partial charge on any atom is -0.0712 e. The van der Waals surface area contributed by atoms with Crippen LogP contribution in [-0.2, 0) is 5.41 Å². The lowest BCUT2D eigenvalue weighted by Crippen LogP contribution is -2.19. The van der Waals surface area contributed by atoms with E-state index in [1.165, 1.54) is 11.1 Å². The first-order valence-corrected chi connectivity index (χ1v) is 5.85. The van der Waals surface area contributed by atoms with Gasteiger partial charge < -0.3 is 0 Å². The van der Waals surface area contributed by atoms with Crippen LogP contribution in [0.4, 0.5) is 0 Å². The van der Waals surface area contributed by atoms with Gasteiger partial charge in [0.2, 0.25) is 0 Å². The zero-order valence-corrected chi connectivity index (χ0v) is 10.9. The SMILES string of the molecule is CCC(C)(C=C(Cl)Cl)c1ccccc1C. The molecule has 0 aliphatic rings. The third-order valence-electron chi connectivity index (χ3n) is 2.92. The second kappa shape index (κ2) is 5.05. The summed E-state index contributed by atoms with van der Waals surface area (Å²) in [6, 6.07) is 8.33. The maximum Gasteiger partial charge on any atom is 0.103 e. The third kappa shape index (κ3) is 2.99. The highest BCUT2D eigenvalue weighted by atomic mass is 35.5. The molecule has 0 bridgehead atoms. The van der Waals surface area contributed by atoms with Crippen LogP contribution in [0.25, 0.3) is 0 Å². The van der Waals surface area contributed by atoms with Crippen molar-refractivity contribution in [2.75, 3.05) is 0 Å². The van der Waals surface area contributed by atoms with Crippen LogP contribution in [-0.4, -0.2) is 0 Å². The predicted molar refractivity (Wildman–Crippen MR) is 68.6 cm³/mol. The molecule has 2 heteroatoms. The van der Waals surface area contributed by atoms with E-state index in [1.54, 1.807) is 0 Å². The van der Waals surface area contributed by atoms with Gasteiger partial charge in [0.05, 0.1) is 0 Å². The van der Waals surface area contributed by atoms with Crippen molar-refractivity contribution < 1.29 is 0 Å². The molecule has 0 saturated heterocycles. The smallest absolute Gasteiger partial charge is 0.0712 e. The molecular weight excluding hydrogens is 227 g/mol. The van der Waals surface area contributed by atoms with Crippen LogP contribution < -0.4 is 0 Å². The summed E-state index contributed by atoms with van der Waals surface area (Å²) >= 11 is 11.5. The molecule has 0 fully saturated rings. The number of benzene rings is 1. The molecule has 1 rings (SSSR count). The zero-order chi connectivity index (χ0) is 11.5. The molecule has 0 spiro atoms. The van der Waals surface area contributed by atoms with Crippen molar-refractivity contribution in [2.45, 2.75) is 32.6 Å². The number of aryl methyl sites for hydroxylation is 1. The predicted octanol–water partition coefficient (Wildman–Crippen LogP) is 4.98. The van der Waals surface area contributed by atoms with Gasteiger partial charge >= 0.3 is 0 Å². The van der Waals surface area contributed by atoms with Crippen LogP contribution >= 0.6 is 23.2 Å². The molecular formula is C13H16Cl2. The first kappa shape index (κ1) is 12.6. The maximum atomic E-state index is 5.77. The van der Waals surface area contributed by atoms with Gasteiger partial charge in [0.25, 0.3) is 0 Å². The van der Waals surface area contributed by atoms with Crippen molar-refractivity contribution in [1.82, 2.24) is 0 Å². The van der Waals surface area contributed by atoms with Crippen molar-refractivity contribution >= 4 is 23.2 Å². The molecule has 1 aromatic rings. The summed E-state index contributed by atoms with van der Waals surface area (Å²) in [6.45, 7) is 6.40. The van der Waals surface area contributed by atoms with Crippen LogP contribution in [0, 0.1) is 6.92 Å². The van der Waals surface area contributed by atoms with E-state index < -0.39 is 0 Å². The number of halogens is 2. The highest BCUT2D eigenvalue weighted by Gasteiger charge is 2.23. The fourth-order valence-electron chi connectivity index (χ4n) is 1.82. The molecule has 0 nitrogen and oxygen atoms in total. The van der Waals surface area contributed by atoms with Gasteiger partial charge in [0, 0.05) is 5.41 Å². The lowest BCUT2D eigenvalue weighted by atomic mass is 9.78. The van der Waals surface area contributed by atoms with Gasteiger partial charge in [-0.05, 0) is 30.5 Å². The molecule has 0 aliphatic carbocycles. The molecule has 1 unspecified atom stereocenters. The standard InChI is InChI=1S/C13H16Cl2/c1-4-13(3,9-12(14)15)11-8-6-5-7-10(11)2/h5-9H,4H2,1-3H3. The van der Waals surface area contributed by atoms with E-state index in [-0.39, 0.29) is 5.41 Å². The van der Waals surface area contributed by atoms with E-state index in [9.17, 15) is 0 Å². The highest BCUT2D eigenvalue weighted by Crippen LogP contribution is 2.33. The van der Waals surface area contributed by atoms with Crippen molar-refractivity contribution in [3.8, 4) is 0 Å². The summed E-state index contributed by atoms with van der Waals surface area (Å²) in [5.74, 6) is 0. The van der Waals surface area contributed by atoms with Crippen molar-refractivity contribution in [2.24, 2.45) is 0 Å². The molecule has 0 saturated carbocycles. The fourth-order valence-corrected chi connectivity index (χ4v) is 2.31. The number of hydrogen-bond donors (Lipinski definition) is 0. The van der Waals surface area contributed by atoms with Gasteiger partial charge in [-0.25, -0.2) is 0 Å². The monoisotopic (exact) mass is 242 g/mol. The summed E-state index contributed by atoms with van der Waals surface area (Å²) in [5.41, 5.74) is 2.48. The zero-order valence-electron chi connectivity index (χ0n) is 9.35. The topological polar surface area (TPSA) is 0 Å². The van der Waals surface area contributed by atoms with E-state index in [4.69, 9.17) is 23.2 Å². The molecule has 1 aromatic carbocycles. The molecule has 82 valence electrons. The van der Waals surface area contributed by atoms with E-state index >= 15 is 0 Å². The van der Waals surface area contributed by atoms with Gasteiger partial charge in [-0.2, -0.15) is 0 Å². The van der Waals surface area contributed by atoms with Gasteiger partial charge in [0.15, 0.2) is 0 Å². The maximum absolute atomic E-state index is 5.77. The molecule has 1 atom stereocenters. The quantitative estimate of drug-likeness (QED) is 0.702. The summed E-state index contributed by atoms with van der Waals surface area (Å²) in [6.07, 6.45) is 2.89. The molecule has 0 heterocycles. The van der Waals surface area contributed by atoms with Crippen LogP contribution in [0.15, 0.2) is 34.8 Å². The normalized spacial score (nSPS) is 14.5. The summed E-state index contributed by atoms with van der Waals surface area (Å²) in [4.78, 5) is 0. The van der Waals surface area contributed by atoms with Crippen LogP contribution in [0.5, 0.6) is 0 Å². The van der Waals surface area contributed by atoms with Crippen molar-refractivity contribution in [3.05, 3.63) is 46.0 Å². The Morgan fingerprint density at radius 3 is 2.40 bits per heavy atom. The van der Waals surface area contributed by atoms with Gasteiger partial charge in [0.1, 0.15) is 4.49 Å². The largest absolute Gasteiger partial charge is 0.103 e. The summed E-state index contributed by atoms with van der Waals surface area (Å²) < 4.78 is 0.336. The number of hydrogen-bond acceptors (Lipinski definition) is 0. The molecule has 15 heavy (non-hydrogen) atoms. The third-order valence-corrected chi connectivity index (χ3v) is 3.14. The molecule has 0 aromatic heterocycles. The van der Waals surface area contributed by atoms with Crippen molar-refractivity contribution in [3.63, 3.8) is 0 Å². The first-order valence-electron chi connectivity index (χ1n) is 5.09. The Labute approximate surface area is 102 Å². The number of allylic oxidation sites excluding steroid dienone is 1. The Balaban J connectivity index is 3.23. The Hall–Kier alpha value is -0.460. The molecule has 0 aliphatic heterocycles. The summed E-state index contributed by atoms with van der Waals surface area (Å²) in [5, 5.41) is 0. The Morgan fingerprint density at radius 2 is 1.93 bits per heavy atom. The second-order valence-electron chi connectivity index (χ2n) is 4.02. The molecule has 0 amide bonds. The average molecular weight is 243 g/mol. The minimum atomic E-state index is -0.0792. The lowest BCUT2D eigenvalue weighted by molar-refractivity contribution is 0.569. The Bertz CT molecular complexity index is 365. The number of rotatable bonds is 3. The Kier molecular flexibility index (Phi) is 4.24. The van der Waals surface area contributed by atoms with Gasteiger partial charge in [-0.3, -0.25) is 0 Å². The van der Waals surface area contributed by atoms with Crippen LogP contribution in [0.1, 0.15) is 31.4 Å². The van der Waals surface area contributed by atoms with E-state index in [0.717, 1.165) is 6.42 Å². The van der Waals surface area contributed by atoms with Crippen LogP contribution in [0.2, 0.25) is 0 Å². The van der Waals surface area contributed by atoms with Crippen LogP contribution in [0.3, 0.4) is 0 Å². The Morgan fingerprint density at radius 1 is 1.33 bits per heavy atom. The van der Waals surface area contributed by atoms with E-state index in [0.29, 0.717) is 4.49 Å². The van der Waals surface area contributed by atoms with E-state index in [2.05, 4.69) is 32.9 Å². The van der Waals surface area contributed by atoms with Crippen molar-refractivity contribution in [1.29, 1.82) is 0 Å². The highest BCUT2D eigenvalue weighted by molar-refractivity contribution is 6.55. The second-order valence-corrected chi connectivity index (χ2v) is 5.03. The first-order chi connectivity index (χ1) is 6.99. The minimum absolute atomic E-state index is 0.0792. The lowest BCUT2D eigenvalue weighted by Gasteiger charge is -2.27. The molecule has 0 N–H and O–H groups in total. The summed E-state index contributed by atoms with van der Waals surface area (Å²) in [7, 11) is 0. The average Bonchev–Trinajstić information content (AvgIpc) is 2.17. The fraction of sp³-hybridized carbons (Fsp3) is 0.385. The van der Waals surface area contributed by atoms with Gasteiger partial charge in [-0.15, -0.1) is 0 Å². The molecule has 0 radical (unpaired) electrons. The van der Waals surface area contributed by atoms with Gasteiger partial charge in [-0.1, -0.05) is 61.3 Å². The van der Waals surface area contributed by atoms with E-state index in [1.807, 2.05) is 18.2 Å².